The molecule has 3 nitrogen and oxygen atoms in total. The van der Waals surface area contributed by atoms with Crippen molar-refractivity contribution in [2.24, 2.45) is 11.8 Å². The molecule has 0 fully saturated rings. The summed E-state index contributed by atoms with van der Waals surface area (Å²) in [6.07, 6.45) is 6.02. The second kappa shape index (κ2) is 3.88. The topological polar surface area (TPSA) is 43.4 Å². The third-order valence-corrected chi connectivity index (χ3v) is 2.70. The molecule has 73 valence electrons. The highest BCUT2D eigenvalue weighted by atomic mass is 16.5. The molecule has 2 rings (SSSR count). The summed E-state index contributed by atoms with van der Waals surface area (Å²) in [6.45, 7) is 2.13. The minimum absolute atomic E-state index is 0.165. The smallest absolute Gasteiger partial charge is 0.130 e. The van der Waals surface area contributed by atoms with Crippen molar-refractivity contribution in [1.29, 1.82) is 0 Å². The highest BCUT2D eigenvalue weighted by molar-refractivity contribution is 5.70. The lowest BCUT2D eigenvalue weighted by Gasteiger charge is -2.28. The van der Waals surface area contributed by atoms with E-state index in [1.807, 2.05) is 0 Å². The minimum Gasteiger partial charge on any atom is -0.371 e. The SMILES string of the molecule is O=CC1C=CC(C=O)C2=C1C[CH]OC2. The van der Waals surface area contributed by atoms with Crippen molar-refractivity contribution < 1.29 is 14.3 Å². The Morgan fingerprint density at radius 3 is 2.43 bits per heavy atom. The zero-order chi connectivity index (χ0) is 9.97. The lowest BCUT2D eigenvalue weighted by Crippen LogP contribution is -2.23. The lowest BCUT2D eigenvalue weighted by molar-refractivity contribution is -0.111. The van der Waals surface area contributed by atoms with Gasteiger partial charge in [0.2, 0.25) is 0 Å². The third-order valence-electron chi connectivity index (χ3n) is 2.70. The molecule has 2 aliphatic rings. The average Bonchev–Trinajstić information content (AvgIpc) is 2.27. The number of carbonyl (C=O) groups excluding carboxylic acids is 2. The monoisotopic (exact) mass is 191 g/mol. The summed E-state index contributed by atoms with van der Waals surface area (Å²) < 4.78 is 5.17. The molecule has 0 saturated heterocycles. The van der Waals surface area contributed by atoms with E-state index < -0.39 is 0 Å². The summed E-state index contributed by atoms with van der Waals surface area (Å²) in [4.78, 5) is 21.6. The summed E-state index contributed by atoms with van der Waals surface area (Å²) >= 11 is 0. The predicted octanol–water partition coefficient (Wildman–Crippen LogP) is 1.07. The fourth-order valence-corrected chi connectivity index (χ4v) is 1.91. The van der Waals surface area contributed by atoms with Crippen LogP contribution in [0, 0.1) is 18.4 Å². The Balaban J connectivity index is 2.35. The number of rotatable bonds is 2. The van der Waals surface area contributed by atoms with Crippen LogP contribution in [0.2, 0.25) is 0 Å². The van der Waals surface area contributed by atoms with Gasteiger partial charge in [-0.1, -0.05) is 17.7 Å². The van der Waals surface area contributed by atoms with Crippen molar-refractivity contribution in [3.8, 4) is 0 Å². The number of ether oxygens (including phenoxy) is 1. The molecule has 0 bridgehead atoms. The third kappa shape index (κ3) is 1.44. The Morgan fingerprint density at radius 1 is 1.14 bits per heavy atom. The predicted molar refractivity (Wildman–Crippen MR) is 50.1 cm³/mol. The van der Waals surface area contributed by atoms with Crippen LogP contribution in [0.5, 0.6) is 0 Å². The van der Waals surface area contributed by atoms with Crippen LogP contribution in [0.3, 0.4) is 0 Å². The maximum Gasteiger partial charge on any atom is 0.130 e. The number of allylic oxidation sites excluding steroid dienone is 2. The van der Waals surface area contributed by atoms with Crippen LogP contribution in [-0.2, 0) is 14.3 Å². The molecule has 1 aliphatic heterocycles. The first-order valence-electron chi connectivity index (χ1n) is 4.61. The number of aldehydes is 2. The molecule has 1 heterocycles. The number of hydrogen-bond donors (Lipinski definition) is 0. The Labute approximate surface area is 82.4 Å². The first-order chi connectivity index (χ1) is 6.86. The zero-order valence-electron chi connectivity index (χ0n) is 7.68. The van der Waals surface area contributed by atoms with Gasteiger partial charge >= 0.3 is 0 Å². The van der Waals surface area contributed by atoms with Crippen molar-refractivity contribution >= 4 is 12.6 Å². The van der Waals surface area contributed by atoms with E-state index in [9.17, 15) is 9.59 Å². The normalized spacial score (nSPS) is 31.1. The van der Waals surface area contributed by atoms with Crippen molar-refractivity contribution in [2.75, 3.05) is 6.61 Å². The van der Waals surface area contributed by atoms with Crippen LogP contribution in [0.25, 0.3) is 0 Å². The second-order valence-electron chi connectivity index (χ2n) is 3.44. The summed E-state index contributed by atoms with van der Waals surface area (Å²) in [5.74, 6) is -0.365. The Hall–Kier alpha value is -1.22. The standard InChI is InChI=1S/C11H11O3/c12-5-8-1-2-9(6-13)11-7-14-4-3-10(8)11/h1-2,4-6,8-9H,3,7H2. The Kier molecular flexibility index (Phi) is 2.59. The van der Waals surface area contributed by atoms with Crippen LogP contribution in [0.15, 0.2) is 23.3 Å². The average molecular weight is 191 g/mol. The van der Waals surface area contributed by atoms with E-state index >= 15 is 0 Å². The van der Waals surface area contributed by atoms with E-state index in [0.717, 1.165) is 23.7 Å². The van der Waals surface area contributed by atoms with E-state index in [1.165, 1.54) is 0 Å². The van der Waals surface area contributed by atoms with Gasteiger partial charge in [-0.2, -0.15) is 0 Å². The molecule has 0 aromatic heterocycles. The minimum atomic E-state index is -0.199. The molecule has 0 aromatic rings. The van der Waals surface area contributed by atoms with Gasteiger partial charge in [0.1, 0.15) is 12.6 Å². The van der Waals surface area contributed by atoms with Crippen molar-refractivity contribution in [3.63, 3.8) is 0 Å². The van der Waals surface area contributed by atoms with Gasteiger partial charge in [0.15, 0.2) is 0 Å². The molecule has 0 saturated carbocycles. The highest BCUT2D eigenvalue weighted by Crippen LogP contribution is 2.33. The summed E-state index contributed by atoms with van der Waals surface area (Å²) in [7, 11) is 0. The van der Waals surface area contributed by atoms with Crippen molar-refractivity contribution in [3.05, 3.63) is 29.9 Å². The molecule has 2 atom stereocenters. The molecule has 14 heavy (non-hydrogen) atoms. The van der Waals surface area contributed by atoms with Crippen molar-refractivity contribution in [1.82, 2.24) is 0 Å². The summed E-state index contributed by atoms with van der Waals surface area (Å²) in [5.41, 5.74) is 1.99. The fourth-order valence-electron chi connectivity index (χ4n) is 1.91. The van der Waals surface area contributed by atoms with Gasteiger partial charge < -0.3 is 14.3 Å². The highest BCUT2D eigenvalue weighted by Gasteiger charge is 2.27. The van der Waals surface area contributed by atoms with Gasteiger partial charge in [0, 0.05) is 0 Å². The van der Waals surface area contributed by atoms with E-state index in [2.05, 4.69) is 0 Å². The Bertz CT molecular complexity index is 284. The molecule has 0 spiro atoms. The zero-order valence-corrected chi connectivity index (χ0v) is 7.68. The number of hydrogen-bond acceptors (Lipinski definition) is 3. The maximum absolute atomic E-state index is 10.8. The van der Waals surface area contributed by atoms with Crippen LogP contribution < -0.4 is 0 Å². The quantitative estimate of drug-likeness (QED) is 0.484. The van der Waals surface area contributed by atoms with Crippen LogP contribution >= 0.6 is 0 Å². The number of carbonyl (C=O) groups is 2. The van der Waals surface area contributed by atoms with E-state index in [0.29, 0.717) is 13.0 Å². The largest absolute Gasteiger partial charge is 0.371 e. The van der Waals surface area contributed by atoms with Crippen LogP contribution in [0.4, 0.5) is 0 Å². The van der Waals surface area contributed by atoms with Gasteiger partial charge in [-0.05, 0) is 12.0 Å². The molecule has 0 amide bonds. The van der Waals surface area contributed by atoms with Crippen molar-refractivity contribution in [2.45, 2.75) is 6.42 Å². The van der Waals surface area contributed by atoms with Crippen LogP contribution in [-0.4, -0.2) is 19.2 Å². The van der Waals surface area contributed by atoms with Gasteiger partial charge in [0.05, 0.1) is 25.0 Å². The summed E-state index contributed by atoms with van der Waals surface area (Å²) in [5, 5.41) is 0. The summed E-state index contributed by atoms with van der Waals surface area (Å²) in [6, 6.07) is 0. The van der Waals surface area contributed by atoms with E-state index in [-0.39, 0.29) is 11.8 Å². The van der Waals surface area contributed by atoms with E-state index in [4.69, 9.17) is 4.74 Å². The Morgan fingerprint density at radius 2 is 1.79 bits per heavy atom. The fraction of sp³-hybridized carbons (Fsp3) is 0.364. The second-order valence-corrected chi connectivity index (χ2v) is 3.44. The first-order valence-corrected chi connectivity index (χ1v) is 4.61. The first kappa shape index (κ1) is 9.34. The molecule has 1 aliphatic carbocycles. The maximum atomic E-state index is 10.8. The molecular formula is C11H11O3. The van der Waals surface area contributed by atoms with Gasteiger partial charge in [-0.3, -0.25) is 0 Å². The van der Waals surface area contributed by atoms with Gasteiger partial charge in [0.25, 0.3) is 0 Å². The molecule has 2 unspecified atom stereocenters. The van der Waals surface area contributed by atoms with Gasteiger partial charge in [-0.15, -0.1) is 0 Å². The molecule has 3 heteroatoms. The van der Waals surface area contributed by atoms with E-state index in [1.54, 1.807) is 18.8 Å². The molecule has 0 N–H and O–H groups in total. The molecular weight excluding hydrogens is 180 g/mol. The lowest BCUT2D eigenvalue weighted by atomic mass is 9.81. The molecule has 1 radical (unpaired) electrons. The van der Waals surface area contributed by atoms with Crippen LogP contribution in [0.1, 0.15) is 6.42 Å². The molecule has 0 aromatic carbocycles. The van der Waals surface area contributed by atoms with Gasteiger partial charge in [-0.25, -0.2) is 0 Å².